The van der Waals surface area contributed by atoms with E-state index in [-0.39, 0.29) is 18.8 Å². The fraction of sp³-hybridized carbons (Fsp3) is 0.357. The minimum Gasteiger partial charge on any atom is -0.306 e. The van der Waals surface area contributed by atoms with Gasteiger partial charge in [-0.25, -0.2) is 13.8 Å². The van der Waals surface area contributed by atoms with Crippen LogP contribution in [-0.4, -0.2) is 15.5 Å². The fourth-order valence-corrected chi connectivity index (χ4v) is 2.40. The van der Waals surface area contributed by atoms with Crippen LogP contribution < -0.4 is 0 Å². The SMILES string of the molecule is FC1(F)CC(c2cn(-c3cccc(C(F)(F)F)c3)cn2)C1. The molecule has 0 atom stereocenters. The lowest BCUT2D eigenvalue weighted by Crippen LogP contribution is -2.33. The van der Waals surface area contributed by atoms with Gasteiger partial charge in [0, 0.05) is 30.6 Å². The van der Waals surface area contributed by atoms with Gasteiger partial charge in [-0.3, -0.25) is 0 Å². The average Bonchev–Trinajstić information content (AvgIpc) is 2.84. The minimum atomic E-state index is -4.42. The zero-order valence-electron chi connectivity index (χ0n) is 10.7. The first-order chi connectivity index (χ1) is 9.74. The number of hydrogen-bond donors (Lipinski definition) is 0. The summed E-state index contributed by atoms with van der Waals surface area (Å²) in [5.41, 5.74) is 0.0263. The Morgan fingerprint density at radius 2 is 1.90 bits per heavy atom. The Morgan fingerprint density at radius 3 is 2.52 bits per heavy atom. The molecule has 7 heteroatoms. The predicted molar refractivity (Wildman–Crippen MR) is 65.5 cm³/mol. The molecule has 1 aliphatic rings. The van der Waals surface area contributed by atoms with Gasteiger partial charge in [-0.05, 0) is 18.2 Å². The van der Waals surface area contributed by atoms with Crippen LogP contribution >= 0.6 is 0 Å². The molecule has 1 aromatic carbocycles. The molecule has 21 heavy (non-hydrogen) atoms. The van der Waals surface area contributed by atoms with E-state index in [0.717, 1.165) is 12.1 Å². The van der Waals surface area contributed by atoms with E-state index >= 15 is 0 Å². The standard InChI is InChI=1S/C14H11F5N2/c15-13(16)5-9(6-13)12-7-21(8-20-12)11-3-1-2-10(4-11)14(17,18)19/h1-4,7-9H,5-6H2. The molecule has 0 amide bonds. The van der Waals surface area contributed by atoms with E-state index in [9.17, 15) is 22.0 Å². The summed E-state index contributed by atoms with van der Waals surface area (Å²) in [5, 5.41) is 0. The Labute approximate surface area is 117 Å². The summed E-state index contributed by atoms with van der Waals surface area (Å²) in [6.07, 6.45) is -2.08. The lowest BCUT2D eigenvalue weighted by atomic mass is 9.79. The van der Waals surface area contributed by atoms with Crippen molar-refractivity contribution < 1.29 is 22.0 Å². The van der Waals surface area contributed by atoms with Gasteiger partial charge in [-0.1, -0.05) is 6.07 Å². The van der Waals surface area contributed by atoms with Gasteiger partial charge in [-0.15, -0.1) is 0 Å². The molecule has 0 unspecified atom stereocenters. The van der Waals surface area contributed by atoms with Crippen molar-refractivity contribution in [1.82, 2.24) is 9.55 Å². The van der Waals surface area contributed by atoms with E-state index in [1.807, 2.05) is 0 Å². The number of rotatable bonds is 2. The van der Waals surface area contributed by atoms with E-state index < -0.39 is 17.7 Å². The molecule has 0 saturated heterocycles. The Balaban J connectivity index is 1.84. The predicted octanol–water partition coefficient (Wildman–Crippen LogP) is 4.40. The highest BCUT2D eigenvalue weighted by molar-refractivity contribution is 5.37. The minimum absolute atomic E-state index is 0.257. The number of imidazole rings is 1. The zero-order valence-corrected chi connectivity index (χ0v) is 10.7. The molecule has 1 heterocycles. The number of hydrogen-bond acceptors (Lipinski definition) is 1. The normalized spacial score (nSPS) is 18.5. The summed E-state index contributed by atoms with van der Waals surface area (Å²) < 4.78 is 65.0. The first-order valence-corrected chi connectivity index (χ1v) is 6.34. The van der Waals surface area contributed by atoms with Crippen LogP contribution in [-0.2, 0) is 6.18 Å². The number of benzene rings is 1. The smallest absolute Gasteiger partial charge is 0.306 e. The first-order valence-electron chi connectivity index (χ1n) is 6.34. The summed E-state index contributed by atoms with van der Waals surface area (Å²) in [5.74, 6) is -2.97. The number of alkyl halides is 5. The van der Waals surface area contributed by atoms with Gasteiger partial charge in [-0.2, -0.15) is 13.2 Å². The van der Waals surface area contributed by atoms with Gasteiger partial charge in [0.15, 0.2) is 0 Å². The van der Waals surface area contributed by atoms with E-state index in [4.69, 9.17) is 0 Å². The molecule has 2 aromatic rings. The summed E-state index contributed by atoms with van der Waals surface area (Å²) in [6.45, 7) is 0. The average molecular weight is 302 g/mol. The van der Waals surface area contributed by atoms with E-state index in [2.05, 4.69) is 4.98 Å². The third kappa shape index (κ3) is 2.77. The van der Waals surface area contributed by atoms with Crippen molar-refractivity contribution in [2.75, 3.05) is 0 Å². The largest absolute Gasteiger partial charge is 0.416 e. The van der Waals surface area contributed by atoms with Crippen LogP contribution in [0, 0.1) is 0 Å². The third-order valence-corrected chi connectivity index (χ3v) is 3.58. The molecule has 0 aliphatic heterocycles. The molecular formula is C14H11F5N2. The van der Waals surface area contributed by atoms with Crippen molar-refractivity contribution in [3.8, 4) is 5.69 Å². The van der Waals surface area contributed by atoms with E-state index in [1.54, 1.807) is 0 Å². The van der Waals surface area contributed by atoms with Crippen molar-refractivity contribution in [1.29, 1.82) is 0 Å². The van der Waals surface area contributed by atoms with Gasteiger partial charge in [0.2, 0.25) is 5.92 Å². The van der Waals surface area contributed by atoms with Crippen molar-refractivity contribution >= 4 is 0 Å². The number of aromatic nitrogens is 2. The molecule has 1 saturated carbocycles. The van der Waals surface area contributed by atoms with Crippen LogP contribution in [0.5, 0.6) is 0 Å². The Morgan fingerprint density at radius 1 is 1.19 bits per heavy atom. The highest BCUT2D eigenvalue weighted by Crippen LogP contribution is 2.47. The van der Waals surface area contributed by atoms with Crippen LogP contribution in [0.25, 0.3) is 5.69 Å². The molecule has 0 spiro atoms. The monoisotopic (exact) mass is 302 g/mol. The quantitative estimate of drug-likeness (QED) is 0.752. The second-order valence-corrected chi connectivity index (χ2v) is 5.22. The van der Waals surface area contributed by atoms with Gasteiger partial charge in [0.05, 0.1) is 17.6 Å². The van der Waals surface area contributed by atoms with E-state index in [0.29, 0.717) is 11.4 Å². The summed E-state index contributed by atoms with van der Waals surface area (Å²) in [7, 11) is 0. The molecule has 1 aromatic heterocycles. The molecular weight excluding hydrogens is 291 g/mol. The summed E-state index contributed by atoms with van der Waals surface area (Å²) in [6, 6.07) is 4.79. The Kier molecular flexibility index (Phi) is 3.04. The van der Waals surface area contributed by atoms with E-state index in [1.165, 1.54) is 29.2 Å². The molecule has 1 aliphatic carbocycles. The Hall–Kier alpha value is -1.92. The van der Waals surface area contributed by atoms with Crippen LogP contribution in [0.1, 0.15) is 30.0 Å². The fourth-order valence-electron chi connectivity index (χ4n) is 2.40. The van der Waals surface area contributed by atoms with Gasteiger partial charge < -0.3 is 4.57 Å². The summed E-state index contributed by atoms with van der Waals surface area (Å²) in [4.78, 5) is 4.02. The second kappa shape index (κ2) is 4.54. The maximum atomic E-state index is 12.8. The zero-order chi connectivity index (χ0) is 15.3. The van der Waals surface area contributed by atoms with Crippen molar-refractivity contribution in [3.05, 3.63) is 48.0 Å². The Bertz CT molecular complexity index is 651. The lowest BCUT2D eigenvalue weighted by Gasteiger charge is -2.33. The van der Waals surface area contributed by atoms with Crippen LogP contribution in [0.3, 0.4) is 0 Å². The van der Waals surface area contributed by atoms with Crippen molar-refractivity contribution in [2.45, 2.75) is 30.9 Å². The third-order valence-electron chi connectivity index (χ3n) is 3.58. The molecule has 0 radical (unpaired) electrons. The van der Waals surface area contributed by atoms with Gasteiger partial charge >= 0.3 is 6.18 Å². The summed E-state index contributed by atoms with van der Waals surface area (Å²) >= 11 is 0. The topological polar surface area (TPSA) is 17.8 Å². The van der Waals surface area contributed by atoms with Crippen LogP contribution in [0.4, 0.5) is 22.0 Å². The molecule has 0 bridgehead atoms. The molecule has 0 N–H and O–H groups in total. The molecule has 2 nitrogen and oxygen atoms in total. The molecule has 1 fully saturated rings. The molecule has 3 rings (SSSR count). The maximum absolute atomic E-state index is 12.8. The maximum Gasteiger partial charge on any atom is 0.416 e. The lowest BCUT2D eigenvalue weighted by molar-refractivity contribution is -0.137. The van der Waals surface area contributed by atoms with Crippen LogP contribution in [0.15, 0.2) is 36.8 Å². The van der Waals surface area contributed by atoms with Crippen LogP contribution in [0.2, 0.25) is 0 Å². The highest BCUT2D eigenvalue weighted by Gasteiger charge is 2.46. The van der Waals surface area contributed by atoms with Gasteiger partial charge in [0.1, 0.15) is 0 Å². The van der Waals surface area contributed by atoms with Gasteiger partial charge in [0.25, 0.3) is 0 Å². The first kappa shape index (κ1) is 14.0. The highest BCUT2D eigenvalue weighted by atomic mass is 19.4. The number of nitrogens with zero attached hydrogens (tertiary/aromatic N) is 2. The molecule has 112 valence electrons. The van der Waals surface area contributed by atoms with Crippen molar-refractivity contribution in [3.63, 3.8) is 0 Å². The number of halogens is 5. The van der Waals surface area contributed by atoms with Crippen molar-refractivity contribution in [2.24, 2.45) is 0 Å². The second-order valence-electron chi connectivity index (χ2n) is 5.22.